The summed E-state index contributed by atoms with van der Waals surface area (Å²) in [5.41, 5.74) is 4.21. The minimum atomic E-state index is 0.939. The van der Waals surface area contributed by atoms with Crippen molar-refractivity contribution in [2.24, 2.45) is 0 Å². The van der Waals surface area contributed by atoms with Gasteiger partial charge in [-0.2, -0.15) is 16.4 Å². The first kappa shape index (κ1) is 11.5. The van der Waals surface area contributed by atoms with Crippen LogP contribution in [-0.2, 0) is 6.54 Å². The third kappa shape index (κ3) is 1.84. The van der Waals surface area contributed by atoms with Crippen LogP contribution in [0.15, 0.2) is 16.8 Å². The molecule has 3 heterocycles. The lowest BCUT2D eigenvalue weighted by Crippen LogP contribution is -2.00. The lowest BCUT2D eigenvalue weighted by Gasteiger charge is -1.98. The molecule has 3 aromatic rings. The van der Waals surface area contributed by atoms with Gasteiger partial charge in [0.25, 0.3) is 0 Å². The fraction of sp³-hybridized carbons (Fsp3) is 0.385. The molecule has 0 bridgehead atoms. The summed E-state index contributed by atoms with van der Waals surface area (Å²) in [5, 5.41) is 8.71. The number of imidazole rings is 1. The molecule has 0 atom stereocenters. The minimum Gasteiger partial charge on any atom is -0.335 e. The molecule has 0 radical (unpaired) electrons. The van der Waals surface area contributed by atoms with Gasteiger partial charge in [0, 0.05) is 17.5 Å². The zero-order valence-corrected chi connectivity index (χ0v) is 11.4. The summed E-state index contributed by atoms with van der Waals surface area (Å²) in [6, 6.07) is 2.08. The number of aryl methyl sites for hydroxylation is 2. The topological polar surface area (TPSA) is 46.5 Å². The average molecular weight is 260 g/mol. The van der Waals surface area contributed by atoms with Gasteiger partial charge in [-0.25, -0.2) is 9.67 Å². The highest BCUT2D eigenvalue weighted by Gasteiger charge is 2.13. The summed E-state index contributed by atoms with van der Waals surface area (Å²) in [4.78, 5) is 8.06. The van der Waals surface area contributed by atoms with Crippen LogP contribution < -0.4 is 0 Å². The third-order valence-corrected chi connectivity index (χ3v) is 3.76. The zero-order valence-electron chi connectivity index (χ0n) is 10.6. The van der Waals surface area contributed by atoms with E-state index in [0.29, 0.717) is 0 Å². The van der Waals surface area contributed by atoms with Crippen LogP contribution in [0.4, 0.5) is 0 Å². The predicted molar refractivity (Wildman–Crippen MR) is 74.8 cm³/mol. The van der Waals surface area contributed by atoms with Crippen LogP contribution in [0.1, 0.15) is 25.5 Å². The number of thiophene rings is 1. The van der Waals surface area contributed by atoms with Gasteiger partial charge in [-0.3, -0.25) is 0 Å². The second-order valence-electron chi connectivity index (χ2n) is 4.46. The van der Waals surface area contributed by atoms with E-state index in [2.05, 4.69) is 38.8 Å². The first-order valence-corrected chi connectivity index (χ1v) is 7.19. The van der Waals surface area contributed by atoms with Gasteiger partial charge in [-0.15, -0.1) is 0 Å². The van der Waals surface area contributed by atoms with Gasteiger partial charge in [0.05, 0.1) is 5.69 Å². The Labute approximate surface area is 110 Å². The predicted octanol–water partition coefficient (Wildman–Crippen LogP) is 3.60. The minimum absolute atomic E-state index is 0.939. The number of fused-ring (bicyclic) bond motifs is 1. The molecule has 0 fully saturated rings. The molecule has 94 valence electrons. The van der Waals surface area contributed by atoms with E-state index in [9.17, 15) is 0 Å². The van der Waals surface area contributed by atoms with Gasteiger partial charge in [0.1, 0.15) is 11.3 Å². The Hall–Kier alpha value is -1.62. The van der Waals surface area contributed by atoms with Crippen molar-refractivity contribution in [1.29, 1.82) is 0 Å². The quantitative estimate of drug-likeness (QED) is 0.779. The van der Waals surface area contributed by atoms with Gasteiger partial charge >= 0.3 is 0 Å². The van der Waals surface area contributed by atoms with E-state index >= 15 is 0 Å². The number of nitrogens with zero attached hydrogens (tertiary/aromatic N) is 3. The van der Waals surface area contributed by atoms with Crippen molar-refractivity contribution in [3.63, 3.8) is 0 Å². The Morgan fingerprint density at radius 1 is 1.44 bits per heavy atom. The summed E-state index contributed by atoms with van der Waals surface area (Å²) in [6.07, 6.45) is 2.30. The maximum atomic E-state index is 4.68. The lowest BCUT2D eigenvalue weighted by atomic mass is 10.3. The monoisotopic (exact) mass is 260 g/mol. The molecule has 1 N–H and O–H groups in total. The Kier molecular flexibility index (Phi) is 2.91. The summed E-state index contributed by atoms with van der Waals surface area (Å²) in [7, 11) is 0. The molecule has 0 aliphatic rings. The molecule has 0 aromatic carbocycles. The maximum Gasteiger partial charge on any atom is 0.177 e. The van der Waals surface area contributed by atoms with Gasteiger partial charge in [-0.05, 0) is 24.8 Å². The van der Waals surface area contributed by atoms with Gasteiger partial charge < -0.3 is 4.98 Å². The molecule has 4 nitrogen and oxygen atoms in total. The third-order valence-electron chi connectivity index (χ3n) is 3.08. The van der Waals surface area contributed by atoms with Crippen molar-refractivity contribution in [2.75, 3.05) is 0 Å². The van der Waals surface area contributed by atoms with Crippen LogP contribution in [0.25, 0.3) is 22.6 Å². The van der Waals surface area contributed by atoms with Crippen LogP contribution in [0.3, 0.4) is 0 Å². The summed E-state index contributed by atoms with van der Waals surface area (Å²) in [6.45, 7) is 5.16. The number of aromatic amines is 1. The van der Waals surface area contributed by atoms with Crippen molar-refractivity contribution in [1.82, 2.24) is 19.7 Å². The van der Waals surface area contributed by atoms with Crippen molar-refractivity contribution in [2.45, 2.75) is 33.2 Å². The van der Waals surface area contributed by atoms with Gasteiger partial charge in [0.15, 0.2) is 5.65 Å². The van der Waals surface area contributed by atoms with Crippen molar-refractivity contribution in [3.05, 3.63) is 22.5 Å². The van der Waals surface area contributed by atoms with E-state index in [0.717, 1.165) is 41.2 Å². The number of rotatable bonds is 4. The molecule has 0 saturated heterocycles. The van der Waals surface area contributed by atoms with Crippen LogP contribution >= 0.6 is 11.3 Å². The Bertz CT molecular complexity index is 648. The highest BCUT2D eigenvalue weighted by atomic mass is 32.1. The Morgan fingerprint density at radius 2 is 2.33 bits per heavy atom. The number of aromatic nitrogens is 4. The van der Waals surface area contributed by atoms with Gasteiger partial charge in [0.2, 0.25) is 0 Å². The SMILES string of the molecule is CCCCn1nc(C)c2[nH]c(-c3ccsc3)nc21. The largest absolute Gasteiger partial charge is 0.335 e. The van der Waals surface area contributed by atoms with Crippen LogP contribution in [0.5, 0.6) is 0 Å². The van der Waals surface area contributed by atoms with E-state index in [1.165, 1.54) is 6.42 Å². The molecule has 3 aromatic heterocycles. The Balaban J connectivity index is 2.06. The Morgan fingerprint density at radius 3 is 3.06 bits per heavy atom. The van der Waals surface area contributed by atoms with E-state index in [1.807, 2.05) is 11.6 Å². The molecule has 0 aliphatic heterocycles. The zero-order chi connectivity index (χ0) is 12.5. The smallest absolute Gasteiger partial charge is 0.177 e. The fourth-order valence-electron chi connectivity index (χ4n) is 2.08. The normalized spacial score (nSPS) is 11.4. The second-order valence-corrected chi connectivity index (χ2v) is 5.24. The van der Waals surface area contributed by atoms with Crippen LogP contribution in [0.2, 0.25) is 0 Å². The molecule has 0 saturated carbocycles. The molecule has 18 heavy (non-hydrogen) atoms. The second kappa shape index (κ2) is 4.57. The molecule has 0 unspecified atom stereocenters. The van der Waals surface area contributed by atoms with Crippen LogP contribution in [0, 0.1) is 6.92 Å². The number of hydrogen-bond acceptors (Lipinski definition) is 3. The number of unbranched alkanes of at least 4 members (excludes halogenated alkanes) is 1. The van der Waals surface area contributed by atoms with Crippen molar-refractivity contribution < 1.29 is 0 Å². The number of H-pyrrole nitrogens is 1. The first-order chi connectivity index (χ1) is 8.79. The molecule has 3 rings (SSSR count). The number of nitrogens with one attached hydrogen (secondary N) is 1. The molecule has 0 spiro atoms. The average Bonchev–Trinajstić information content (AvgIpc) is 3.03. The van der Waals surface area contributed by atoms with E-state index in [1.54, 1.807) is 11.3 Å². The van der Waals surface area contributed by atoms with E-state index in [-0.39, 0.29) is 0 Å². The number of hydrogen-bond donors (Lipinski definition) is 1. The highest BCUT2D eigenvalue weighted by Crippen LogP contribution is 2.24. The molecular formula is C13H16N4S. The molecule has 5 heteroatoms. The maximum absolute atomic E-state index is 4.68. The van der Waals surface area contributed by atoms with E-state index in [4.69, 9.17) is 0 Å². The first-order valence-electron chi connectivity index (χ1n) is 6.25. The van der Waals surface area contributed by atoms with E-state index < -0.39 is 0 Å². The molecular weight excluding hydrogens is 244 g/mol. The highest BCUT2D eigenvalue weighted by molar-refractivity contribution is 7.08. The van der Waals surface area contributed by atoms with Gasteiger partial charge in [-0.1, -0.05) is 13.3 Å². The molecule has 0 amide bonds. The fourth-order valence-corrected chi connectivity index (χ4v) is 2.72. The summed E-state index contributed by atoms with van der Waals surface area (Å²) in [5.74, 6) is 0.942. The van der Waals surface area contributed by atoms with Crippen molar-refractivity contribution >= 4 is 22.5 Å². The summed E-state index contributed by atoms with van der Waals surface area (Å²) >= 11 is 1.69. The van der Waals surface area contributed by atoms with Crippen molar-refractivity contribution in [3.8, 4) is 11.4 Å². The van der Waals surface area contributed by atoms with Crippen LogP contribution in [-0.4, -0.2) is 19.7 Å². The molecule has 0 aliphatic carbocycles. The lowest BCUT2D eigenvalue weighted by molar-refractivity contribution is 0.580. The summed E-state index contributed by atoms with van der Waals surface area (Å²) < 4.78 is 2.01. The standard InChI is InChI=1S/C13H16N4S/c1-3-4-6-17-13-11(9(2)16-17)14-12(15-13)10-5-7-18-8-10/h5,7-8H,3-4,6H2,1-2H3,(H,14,15).